The van der Waals surface area contributed by atoms with Crippen LogP contribution in [0.5, 0.6) is 0 Å². The van der Waals surface area contributed by atoms with E-state index in [0.717, 1.165) is 11.8 Å². The van der Waals surface area contributed by atoms with E-state index in [0.29, 0.717) is 6.42 Å². The Hall–Kier alpha value is -0.850. The van der Waals surface area contributed by atoms with Crippen molar-refractivity contribution in [2.45, 2.75) is 57.8 Å². The Labute approximate surface area is 133 Å². The molecule has 2 atom stereocenters. The number of piperidine rings is 1. The normalized spacial score (nSPS) is 22.8. The van der Waals surface area contributed by atoms with Crippen LogP contribution in [0.25, 0.3) is 0 Å². The number of hydrogen-bond acceptors (Lipinski definition) is 3. The van der Waals surface area contributed by atoms with Gasteiger partial charge in [0.1, 0.15) is 11.8 Å². The van der Waals surface area contributed by atoms with Crippen molar-refractivity contribution in [1.82, 2.24) is 10.2 Å². The van der Waals surface area contributed by atoms with E-state index in [1.54, 1.807) is 20.8 Å². The summed E-state index contributed by atoms with van der Waals surface area (Å²) < 4.78 is 19.0. The maximum atomic E-state index is 13.8. The van der Waals surface area contributed by atoms with Gasteiger partial charge in [-0.3, -0.25) is 4.79 Å². The molecule has 1 fully saturated rings. The van der Waals surface area contributed by atoms with E-state index < -0.39 is 17.9 Å². The molecule has 0 aliphatic carbocycles. The summed E-state index contributed by atoms with van der Waals surface area (Å²) in [6.07, 6.45) is -0.324. The fourth-order valence-corrected chi connectivity index (χ4v) is 2.43. The first-order chi connectivity index (χ1) is 9.71. The van der Waals surface area contributed by atoms with Crippen LogP contribution in [0.4, 0.5) is 9.18 Å². The van der Waals surface area contributed by atoms with Gasteiger partial charge in [-0.05, 0) is 27.2 Å². The van der Waals surface area contributed by atoms with Gasteiger partial charge in [0.05, 0.1) is 6.54 Å². The van der Waals surface area contributed by atoms with Crippen molar-refractivity contribution in [3.63, 3.8) is 0 Å². The van der Waals surface area contributed by atoms with E-state index in [-0.39, 0.29) is 31.5 Å². The molecule has 21 heavy (non-hydrogen) atoms. The number of rotatable bonds is 4. The molecule has 7 heteroatoms. The second-order valence-electron chi connectivity index (χ2n) is 6.28. The Morgan fingerprint density at radius 1 is 1.38 bits per heavy atom. The Kier molecular flexibility index (Phi) is 6.90. The molecule has 1 rings (SSSR count). The van der Waals surface area contributed by atoms with Gasteiger partial charge in [-0.15, -0.1) is 0 Å². The standard InChI is InChI=1S/C14H24BrFN2O3/c1-14(2,3)21-13(20)18-8-10(16)7-11(9-18)17-12(19)5-4-6-15/h10-11H,4-9H2,1-3H3,(H,17,19)/t10-,11+/m0/s1. The number of likely N-dealkylation sites (tertiary alicyclic amines) is 1. The Bertz CT molecular complexity index is 374. The maximum Gasteiger partial charge on any atom is 0.410 e. The zero-order valence-electron chi connectivity index (χ0n) is 12.8. The van der Waals surface area contributed by atoms with Crippen LogP contribution in [-0.4, -0.2) is 53.1 Å². The van der Waals surface area contributed by atoms with Crippen LogP contribution in [-0.2, 0) is 9.53 Å². The number of nitrogens with one attached hydrogen (secondary N) is 1. The first-order valence-corrected chi connectivity index (χ1v) is 8.30. The number of amides is 2. The highest BCUT2D eigenvalue weighted by Crippen LogP contribution is 2.17. The summed E-state index contributed by atoms with van der Waals surface area (Å²) in [5.41, 5.74) is -0.616. The number of halogens is 2. The molecule has 0 aromatic carbocycles. The number of carbonyl (C=O) groups is 2. The topological polar surface area (TPSA) is 58.6 Å². The van der Waals surface area contributed by atoms with Gasteiger partial charge in [0.15, 0.2) is 0 Å². The third-order valence-electron chi connectivity index (χ3n) is 2.95. The van der Waals surface area contributed by atoms with Gasteiger partial charge >= 0.3 is 6.09 Å². The zero-order valence-corrected chi connectivity index (χ0v) is 14.4. The fourth-order valence-electron chi connectivity index (χ4n) is 2.14. The predicted molar refractivity (Wildman–Crippen MR) is 82.3 cm³/mol. The van der Waals surface area contributed by atoms with Crippen molar-refractivity contribution in [1.29, 1.82) is 0 Å². The lowest BCUT2D eigenvalue weighted by Gasteiger charge is -2.36. The zero-order chi connectivity index (χ0) is 16.0. The Balaban J connectivity index is 2.53. The van der Waals surface area contributed by atoms with Crippen LogP contribution in [0.1, 0.15) is 40.0 Å². The Morgan fingerprint density at radius 3 is 2.62 bits per heavy atom. The van der Waals surface area contributed by atoms with Crippen molar-refractivity contribution in [2.75, 3.05) is 18.4 Å². The number of alkyl halides is 2. The van der Waals surface area contributed by atoms with E-state index in [9.17, 15) is 14.0 Å². The van der Waals surface area contributed by atoms with Crippen molar-refractivity contribution < 1.29 is 18.7 Å². The molecule has 0 saturated carbocycles. The maximum absolute atomic E-state index is 13.8. The van der Waals surface area contributed by atoms with Gasteiger partial charge in [0, 0.05) is 30.8 Å². The van der Waals surface area contributed by atoms with Crippen LogP contribution >= 0.6 is 15.9 Å². The van der Waals surface area contributed by atoms with Crippen LogP contribution in [0, 0.1) is 0 Å². The Morgan fingerprint density at radius 2 is 2.05 bits per heavy atom. The molecule has 0 spiro atoms. The van der Waals surface area contributed by atoms with Crippen LogP contribution in [0.2, 0.25) is 0 Å². The molecule has 2 amide bonds. The minimum Gasteiger partial charge on any atom is -0.444 e. The van der Waals surface area contributed by atoms with Crippen LogP contribution in [0.3, 0.4) is 0 Å². The van der Waals surface area contributed by atoms with Crippen LogP contribution < -0.4 is 5.32 Å². The van der Waals surface area contributed by atoms with Crippen LogP contribution in [0.15, 0.2) is 0 Å². The quantitative estimate of drug-likeness (QED) is 0.778. The molecule has 0 unspecified atom stereocenters. The van der Waals surface area contributed by atoms with Crippen molar-refractivity contribution in [2.24, 2.45) is 0 Å². The van der Waals surface area contributed by atoms with E-state index >= 15 is 0 Å². The largest absolute Gasteiger partial charge is 0.444 e. The summed E-state index contributed by atoms with van der Waals surface area (Å²) in [5.74, 6) is -0.113. The molecule has 1 aliphatic heterocycles. The van der Waals surface area contributed by atoms with E-state index in [4.69, 9.17) is 4.74 Å². The molecule has 0 radical (unpaired) electrons. The SMILES string of the molecule is CC(C)(C)OC(=O)N1C[C@@H](F)C[C@@H](NC(=O)CCCBr)C1. The minimum atomic E-state index is -1.15. The second kappa shape index (κ2) is 7.96. The predicted octanol–water partition coefficient (Wildman–Crippen LogP) is 2.63. The average Bonchev–Trinajstić information content (AvgIpc) is 2.33. The lowest BCUT2D eigenvalue weighted by molar-refractivity contribution is -0.122. The summed E-state index contributed by atoms with van der Waals surface area (Å²) in [4.78, 5) is 25.0. The number of carbonyl (C=O) groups excluding carboxylic acids is 2. The van der Waals surface area contributed by atoms with Gasteiger partial charge in [-0.25, -0.2) is 9.18 Å². The van der Waals surface area contributed by atoms with Gasteiger partial charge in [0.25, 0.3) is 0 Å². The molecular formula is C14H24BrFN2O3. The van der Waals surface area contributed by atoms with E-state index in [2.05, 4.69) is 21.2 Å². The first-order valence-electron chi connectivity index (χ1n) is 7.18. The molecule has 5 nitrogen and oxygen atoms in total. The average molecular weight is 367 g/mol. The second-order valence-corrected chi connectivity index (χ2v) is 7.07. The summed E-state index contributed by atoms with van der Waals surface area (Å²) in [5, 5.41) is 3.53. The lowest BCUT2D eigenvalue weighted by Crippen LogP contribution is -2.54. The van der Waals surface area contributed by atoms with Gasteiger partial charge in [-0.1, -0.05) is 15.9 Å². The molecule has 1 aliphatic rings. The minimum absolute atomic E-state index is 0.0166. The highest BCUT2D eigenvalue weighted by molar-refractivity contribution is 9.09. The summed E-state index contributed by atoms with van der Waals surface area (Å²) in [7, 11) is 0. The molecule has 1 N–H and O–H groups in total. The lowest BCUT2D eigenvalue weighted by atomic mass is 10.0. The summed E-state index contributed by atoms with van der Waals surface area (Å²) >= 11 is 3.26. The van der Waals surface area contributed by atoms with Gasteiger partial charge in [0.2, 0.25) is 5.91 Å². The smallest absolute Gasteiger partial charge is 0.410 e. The number of hydrogen-bond donors (Lipinski definition) is 1. The third kappa shape index (κ3) is 7.11. The summed E-state index contributed by atoms with van der Waals surface area (Å²) in [6.45, 7) is 5.60. The number of ether oxygens (including phenoxy) is 1. The van der Waals surface area contributed by atoms with Gasteiger partial charge in [-0.2, -0.15) is 0 Å². The molecular weight excluding hydrogens is 343 g/mol. The molecule has 0 aromatic heterocycles. The van der Waals surface area contributed by atoms with E-state index in [1.807, 2.05) is 0 Å². The van der Waals surface area contributed by atoms with Crippen molar-refractivity contribution in [3.8, 4) is 0 Å². The van der Waals surface area contributed by atoms with Crippen molar-refractivity contribution >= 4 is 27.9 Å². The van der Waals surface area contributed by atoms with Crippen molar-refractivity contribution in [3.05, 3.63) is 0 Å². The molecule has 122 valence electrons. The third-order valence-corrected chi connectivity index (χ3v) is 3.51. The highest BCUT2D eigenvalue weighted by Gasteiger charge is 2.33. The molecule has 1 saturated heterocycles. The monoisotopic (exact) mass is 366 g/mol. The fraction of sp³-hybridized carbons (Fsp3) is 0.857. The number of nitrogens with zero attached hydrogens (tertiary/aromatic N) is 1. The molecule has 0 bridgehead atoms. The van der Waals surface area contributed by atoms with Gasteiger partial charge < -0.3 is 15.0 Å². The highest BCUT2D eigenvalue weighted by atomic mass is 79.9. The van der Waals surface area contributed by atoms with E-state index in [1.165, 1.54) is 4.90 Å². The molecule has 1 heterocycles. The summed E-state index contributed by atoms with van der Waals surface area (Å²) in [6, 6.07) is -0.357. The first kappa shape index (κ1) is 18.2. The molecule has 0 aromatic rings.